The fourth-order valence-electron chi connectivity index (χ4n) is 2.90. The summed E-state index contributed by atoms with van der Waals surface area (Å²) >= 11 is 0. The van der Waals surface area contributed by atoms with E-state index in [1.807, 2.05) is 61.5 Å². The lowest BCUT2D eigenvalue weighted by Gasteiger charge is -2.17. The van der Waals surface area contributed by atoms with Crippen molar-refractivity contribution in [3.8, 4) is 0 Å². The number of rotatable bonds is 4. The summed E-state index contributed by atoms with van der Waals surface area (Å²) in [4.78, 5) is 26.4. The van der Waals surface area contributed by atoms with Crippen molar-refractivity contribution in [1.29, 1.82) is 0 Å². The van der Waals surface area contributed by atoms with E-state index >= 15 is 0 Å². The van der Waals surface area contributed by atoms with E-state index in [1.54, 1.807) is 4.90 Å². The van der Waals surface area contributed by atoms with Crippen LogP contribution >= 0.6 is 0 Å². The molecule has 0 spiro atoms. The van der Waals surface area contributed by atoms with Gasteiger partial charge < -0.3 is 10.2 Å². The van der Waals surface area contributed by atoms with E-state index in [9.17, 15) is 9.59 Å². The maximum Gasteiger partial charge on any atom is 0.249 e. The van der Waals surface area contributed by atoms with Gasteiger partial charge in [-0.3, -0.25) is 9.59 Å². The summed E-state index contributed by atoms with van der Waals surface area (Å²) in [6.45, 7) is 2.62. The highest BCUT2D eigenvalue weighted by molar-refractivity contribution is 6.01. The molecule has 23 heavy (non-hydrogen) atoms. The number of anilines is 1. The standard InChI is InChI=1S/C19H20N2O2/c1-14-7-5-6-8-15(14)13-18(22)20-17-11-12-21(19(17)23)16-9-3-2-4-10-16/h2-10,17H,11-13H2,1H3,(H,20,22)/t17-/m0/s1. The Morgan fingerprint density at radius 3 is 2.57 bits per heavy atom. The monoisotopic (exact) mass is 308 g/mol. The molecule has 1 heterocycles. The molecule has 0 aliphatic carbocycles. The van der Waals surface area contributed by atoms with Crippen molar-refractivity contribution in [2.24, 2.45) is 0 Å². The van der Waals surface area contributed by atoms with Gasteiger partial charge >= 0.3 is 0 Å². The highest BCUT2D eigenvalue weighted by Gasteiger charge is 2.33. The third-order valence-electron chi connectivity index (χ3n) is 4.22. The van der Waals surface area contributed by atoms with Crippen molar-refractivity contribution in [2.75, 3.05) is 11.4 Å². The summed E-state index contributed by atoms with van der Waals surface area (Å²) in [7, 11) is 0. The molecule has 0 saturated carbocycles. The molecule has 0 aromatic heterocycles. The second-order valence-corrected chi connectivity index (χ2v) is 5.84. The van der Waals surface area contributed by atoms with Crippen LogP contribution in [0.4, 0.5) is 5.69 Å². The molecule has 2 aromatic rings. The van der Waals surface area contributed by atoms with Crippen LogP contribution in [0.15, 0.2) is 54.6 Å². The van der Waals surface area contributed by atoms with Crippen LogP contribution in [-0.4, -0.2) is 24.4 Å². The minimum Gasteiger partial charge on any atom is -0.344 e. The van der Waals surface area contributed by atoms with Gasteiger partial charge in [0.2, 0.25) is 11.8 Å². The van der Waals surface area contributed by atoms with Crippen LogP contribution in [0.5, 0.6) is 0 Å². The van der Waals surface area contributed by atoms with Gasteiger partial charge in [-0.05, 0) is 36.6 Å². The van der Waals surface area contributed by atoms with Crippen LogP contribution < -0.4 is 10.2 Å². The minimum absolute atomic E-state index is 0.0330. The second-order valence-electron chi connectivity index (χ2n) is 5.84. The van der Waals surface area contributed by atoms with Gasteiger partial charge in [0.1, 0.15) is 6.04 Å². The van der Waals surface area contributed by atoms with Crippen LogP contribution in [-0.2, 0) is 16.0 Å². The molecular weight excluding hydrogens is 288 g/mol. The molecule has 1 N–H and O–H groups in total. The van der Waals surface area contributed by atoms with E-state index in [0.29, 0.717) is 19.4 Å². The first-order valence-corrected chi connectivity index (χ1v) is 7.85. The number of hydrogen-bond donors (Lipinski definition) is 1. The number of aryl methyl sites for hydroxylation is 1. The van der Waals surface area contributed by atoms with Crippen LogP contribution in [0.2, 0.25) is 0 Å². The molecular formula is C19H20N2O2. The lowest BCUT2D eigenvalue weighted by Crippen LogP contribution is -2.42. The third-order valence-corrected chi connectivity index (χ3v) is 4.22. The van der Waals surface area contributed by atoms with E-state index in [4.69, 9.17) is 0 Å². The van der Waals surface area contributed by atoms with Gasteiger partial charge in [0.15, 0.2) is 0 Å². The predicted octanol–water partition coefficient (Wildman–Crippen LogP) is 2.46. The third kappa shape index (κ3) is 3.42. The topological polar surface area (TPSA) is 49.4 Å². The molecule has 3 rings (SSSR count). The summed E-state index contributed by atoms with van der Waals surface area (Å²) in [6.07, 6.45) is 0.953. The van der Waals surface area contributed by atoms with Gasteiger partial charge in [-0.25, -0.2) is 0 Å². The lowest BCUT2D eigenvalue weighted by atomic mass is 10.1. The van der Waals surface area contributed by atoms with Crippen molar-refractivity contribution < 1.29 is 9.59 Å². The molecule has 118 valence electrons. The highest BCUT2D eigenvalue weighted by atomic mass is 16.2. The van der Waals surface area contributed by atoms with Crippen LogP contribution in [0.3, 0.4) is 0 Å². The number of amides is 2. The Bertz CT molecular complexity index is 712. The molecule has 4 nitrogen and oxygen atoms in total. The molecule has 1 aliphatic rings. The summed E-state index contributed by atoms with van der Waals surface area (Å²) in [5.41, 5.74) is 2.97. The fourth-order valence-corrected chi connectivity index (χ4v) is 2.90. The first-order chi connectivity index (χ1) is 11.1. The van der Waals surface area contributed by atoms with E-state index in [2.05, 4.69) is 5.32 Å². The zero-order chi connectivity index (χ0) is 16.2. The van der Waals surface area contributed by atoms with Crippen molar-refractivity contribution in [1.82, 2.24) is 5.32 Å². The van der Waals surface area contributed by atoms with Gasteiger partial charge in [0.05, 0.1) is 6.42 Å². The SMILES string of the molecule is Cc1ccccc1CC(=O)N[C@H]1CCN(c2ccccc2)C1=O. The normalized spacial score (nSPS) is 17.3. The molecule has 1 aliphatic heterocycles. The lowest BCUT2D eigenvalue weighted by molar-refractivity contribution is -0.126. The van der Waals surface area contributed by atoms with E-state index < -0.39 is 6.04 Å². The molecule has 1 fully saturated rings. The quantitative estimate of drug-likeness (QED) is 0.943. The zero-order valence-corrected chi connectivity index (χ0v) is 13.2. The molecule has 2 aromatic carbocycles. The van der Waals surface area contributed by atoms with Crippen molar-refractivity contribution >= 4 is 17.5 Å². The number of benzene rings is 2. The minimum atomic E-state index is -0.424. The summed E-state index contributed by atoms with van der Waals surface area (Å²) in [5.74, 6) is -0.137. The smallest absolute Gasteiger partial charge is 0.249 e. The van der Waals surface area contributed by atoms with Crippen molar-refractivity contribution in [3.63, 3.8) is 0 Å². The van der Waals surface area contributed by atoms with Crippen LogP contribution in [0, 0.1) is 6.92 Å². The second kappa shape index (κ2) is 6.65. The largest absolute Gasteiger partial charge is 0.344 e. The summed E-state index contributed by atoms with van der Waals surface area (Å²) < 4.78 is 0. The van der Waals surface area contributed by atoms with E-state index in [1.165, 1.54) is 0 Å². The van der Waals surface area contributed by atoms with Gasteiger partial charge in [-0.1, -0.05) is 42.5 Å². The average molecular weight is 308 g/mol. The molecule has 0 unspecified atom stereocenters. The number of hydrogen-bond acceptors (Lipinski definition) is 2. The number of carbonyl (C=O) groups excluding carboxylic acids is 2. The van der Waals surface area contributed by atoms with Gasteiger partial charge in [0.25, 0.3) is 0 Å². The number of nitrogens with one attached hydrogen (secondary N) is 1. The first-order valence-electron chi connectivity index (χ1n) is 7.85. The van der Waals surface area contributed by atoms with Gasteiger partial charge in [0, 0.05) is 12.2 Å². The fraction of sp³-hybridized carbons (Fsp3) is 0.263. The number of nitrogens with zero attached hydrogens (tertiary/aromatic N) is 1. The van der Waals surface area contributed by atoms with Crippen LogP contribution in [0.1, 0.15) is 17.5 Å². The molecule has 0 bridgehead atoms. The Morgan fingerprint density at radius 1 is 1.13 bits per heavy atom. The molecule has 4 heteroatoms. The summed E-state index contributed by atoms with van der Waals surface area (Å²) in [6, 6.07) is 17.0. The Hall–Kier alpha value is -2.62. The first kappa shape index (κ1) is 15.3. The number of carbonyl (C=O) groups is 2. The highest BCUT2D eigenvalue weighted by Crippen LogP contribution is 2.21. The van der Waals surface area contributed by atoms with Crippen LogP contribution in [0.25, 0.3) is 0 Å². The molecule has 1 saturated heterocycles. The molecule has 2 amide bonds. The summed E-state index contributed by atoms with van der Waals surface area (Å²) in [5, 5.41) is 2.87. The Kier molecular flexibility index (Phi) is 4.42. The van der Waals surface area contributed by atoms with Crippen molar-refractivity contribution in [2.45, 2.75) is 25.8 Å². The Morgan fingerprint density at radius 2 is 1.83 bits per heavy atom. The average Bonchev–Trinajstić information content (AvgIpc) is 2.91. The van der Waals surface area contributed by atoms with Gasteiger partial charge in [-0.15, -0.1) is 0 Å². The van der Waals surface area contributed by atoms with E-state index in [-0.39, 0.29) is 11.8 Å². The Balaban J connectivity index is 1.62. The van der Waals surface area contributed by atoms with Crippen molar-refractivity contribution in [3.05, 3.63) is 65.7 Å². The zero-order valence-electron chi connectivity index (χ0n) is 13.2. The maximum atomic E-state index is 12.5. The predicted molar refractivity (Wildman–Crippen MR) is 90.2 cm³/mol. The molecule has 0 radical (unpaired) electrons. The van der Waals surface area contributed by atoms with Gasteiger partial charge in [-0.2, -0.15) is 0 Å². The molecule has 1 atom stereocenters. The number of para-hydroxylation sites is 1. The maximum absolute atomic E-state index is 12.5. The van der Waals surface area contributed by atoms with E-state index in [0.717, 1.165) is 16.8 Å². The Labute approximate surface area is 136 Å².